The van der Waals surface area contributed by atoms with Gasteiger partial charge in [-0.3, -0.25) is 4.90 Å². The van der Waals surface area contributed by atoms with E-state index < -0.39 is 0 Å². The zero-order chi connectivity index (χ0) is 12.8. The lowest BCUT2D eigenvalue weighted by atomic mass is 10.0. The fourth-order valence-corrected chi connectivity index (χ4v) is 1.45. The third-order valence-corrected chi connectivity index (χ3v) is 2.07. The summed E-state index contributed by atoms with van der Waals surface area (Å²) in [6, 6.07) is 0. The van der Waals surface area contributed by atoms with Crippen molar-refractivity contribution in [1.29, 1.82) is 5.53 Å². The van der Waals surface area contributed by atoms with Gasteiger partial charge in [0, 0.05) is 19.9 Å². The second-order valence-corrected chi connectivity index (χ2v) is 3.96. The van der Waals surface area contributed by atoms with Crippen LogP contribution in [-0.2, 0) is 0 Å². The van der Waals surface area contributed by atoms with Crippen molar-refractivity contribution in [2.75, 3.05) is 19.8 Å². The highest BCUT2D eigenvalue weighted by atomic mass is 15.3. The predicted molar refractivity (Wildman–Crippen MR) is 69.7 cm³/mol. The van der Waals surface area contributed by atoms with E-state index in [2.05, 4.69) is 42.7 Å². The molecule has 0 amide bonds. The topological polar surface area (TPSA) is 77.8 Å². The maximum Gasteiger partial charge on any atom is 0.0455 e. The quantitative estimate of drug-likeness (QED) is 0.434. The van der Waals surface area contributed by atoms with Gasteiger partial charge in [-0.15, -0.1) is 5.10 Å². The lowest BCUT2D eigenvalue weighted by Gasteiger charge is -2.29. The maximum atomic E-state index is 5.85. The minimum Gasteiger partial charge on any atom is -0.318 e. The molecular formula is C11H27N5. The number of hydrogen-bond donors (Lipinski definition) is 2. The van der Waals surface area contributed by atoms with E-state index in [0.29, 0.717) is 0 Å². The van der Waals surface area contributed by atoms with Crippen LogP contribution >= 0.6 is 0 Å². The molecule has 0 aliphatic carbocycles. The van der Waals surface area contributed by atoms with E-state index >= 15 is 0 Å². The van der Waals surface area contributed by atoms with E-state index in [-0.39, 0.29) is 0 Å². The number of likely N-dealkylation sites (tertiary alicyclic amines) is 1. The normalized spacial score (nSPS) is 19.6. The molecule has 1 aliphatic heterocycles. The summed E-state index contributed by atoms with van der Waals surface area (Å²) in [5, 5.41) is 5.28. The first-order valence-electron chi connectivity index (χ1n) is 5.90. The summed E-state index contributed by atoms with van der Waals surface area (Å²) in [5.41, 5.74) is 11.3. The molecule has 0 aromatic rings. The molecule has 0 bridgehead atoms. The Morgan fingerprint density at radius 3 is 2.25 bits per heavy atom. The number of hydrogen-bond acceptors (Lipinski definition) is 4. The van der Waals surface area contributed by atoms with Gasteiger partial charge in [-0.05, 0) is 25.3 Å². The van der Waals surface area contributed by atoms with Gasteiger partial charge < -0.3 is 5.73 Å². The molecule has 0 aromatic heterocycles. The highest BCUT2D eigenvalue weighted by molar-refractivity contribution is 5.21. The first-order valence-corrected chi connectivity index (χ1v) is 5.90. The smallest absolute Gasteiger partial charge is 0.0455 e. The highest BCUT2D eigenvalue weighted by Gasteiger charge is 2.13. The molecule has 1 unspecified atom stereocenters. The second kappa shape index (κ2) is 14.2. The molecular weight excluding hydrogens is 202 g/mol. The molecule has 3 N–H and O–H groups in total. The third-order valence-electron chi connectivity index (χ3n) is 2.07. The summed E-state index contributed by atoms with van der Waals surface area (Å²) in [7, 11) is 0. The fourth-order valence-electron chi connectivity index (χ4n) is 1.45. The van der Waals surface area contributed by atoms with Crippen molar-refractivity contribution in [1.82, 2.24) is 4.90 Å². The van der Waals surface area contributed by atoms with Gasteiger partial charge in [0.1, 0.15) is 0 Å². The van der Waals surface area contributed by atoms with Gasteiger partial charge in [-0.25, -0.2) is 0 Å². The molecule has 96 valence electrons. The Kier molecular flexibility index (Phi) is 15.6. The fraction of sp³-hybridized carbons (Fsp3) is 0.909. The Balaban J connectivity index is 0. The molecule has 0 spiro atoms. The van der Waals surface area contributed by atoms with Gasteiger partial charge in [0.15, 0.2) is 0 Å². The molecule has 1 aliphatic rings. The van der Waals surface area contributed by atoms with Crippen LogP contribution in [0.5, 0.6) is 0 Å². The largest absolute Gasteiger partial charge is 0.318 e. The van der Waals surface area contributed by atoms with Crippen LogP contribution in [0.15, 0.2) is 10.3 Å². The lowest BCUT2D eigenvalue weighted by molar-refractivity contribution is 0.188. The molecule has 5 nitrogen and oxygen atoms in total. The van der Waals surface area contributed by atoms with Crippen molar-refractivity contribution in [3.63, 3.8) is 0 Å². The molecule has 0 radical (unpaired) electrons. The molecule has 1 fully saturated rings. The average molecular weight is 229 g/mol. The molecule has 1 heterocycles. The van der Waals surface area contributed by atoms with Gasteiger partial charge >= 0.3 is 0 Å². The van der Waals surface area contributed by atoms with E-state index in [1.54, 1.807) is 0 Å². The number of nitrogens with one attached hydrogen (secondary N) is 1. The van der Waals surface area contributed by atoms with Crippen molar-refractivity contribution in [3.05, 3.63) is 0 Å². The molecule has 1 saturated heterocycles. The van der Waals surface area contributed by atoms with Crippen LogP contribution in [0.2, 0.25) is 0 Å². The molecule has 1 atom stereocenters. The van der Waals surface area contributed by atoms with Gasteiger partial charge in [-0.2, -0.15) is 5.53 Å². The second-order valence-electron chi connectivity index (χ2n) is 3.96. The zero-order valence-electron chi connectivity index (χ0n) is 10.9. The van der Waals surface area contributed by atoms with Crippen LogP contribution in [-0.4, -0.2) is 31.4 Å². The van der Waals surface area contributed by atoms with Crippen molar-refractivity contribution < 1.29 is 0 Å². The van der Waals surface area contributed by atoms with Crippen LogP contribution in [0.1, 0.15) is 40.0 Å². The van der Waals surface area contributed by atoms with Crippen LogP contribution in [0.25, 0.3) is 0 Å². The van der Waals surface area contributed by atoms with Crippen molar-refractivity contribution >= 4 is 6.72 Å². The van der Waals surface area contributed by atoms with E-state index in [0.717, 1.165) is 12.6 Å². The lowest BCUT2D eigenvalue weighted by Crippen LogP contribution is -2.38. The zero-order valence-corrected chi connectivity index (χ0v) is 10.9. The van der Waals surface area contributed by atoms with Gasteiger partial charge in [0.05, 0.1) is 0 Å². The van der Waals surface area contributed by atoms with Crippen LogP contribution in [0.4, 0.5) is 0 Å². The highest BCUT2D eigenvalue weighted by Crippen LogP contribution is 2.13. The Bertz CT molecular complexity index is 154. The standard InChI is InChI=1S/C7H16N2.C3H8.CH3N3/c1-7-3-2-4-9(5-7)6-8;1-3-2;1-3-4-2/h7H,2-6,8H2,1H3;3H2,1-2H3;2H,1H2. The van der Waals surface area contributed by atoms with Gasteiger partial charge in [0.2, 0.25) is 0 Å². The van der Waals surface area contributed by atoms with Crippen LogP contribution in [0.3, 0.4) is 0 Å². The Morgan fingerprint density at radius 2 is 2.00 bits per heavy atom. The SMILES string of the molecule is C=NN=N.CC1CCCN(CN)C1.CCC. The van der Waals surface area contributed by atoms with Crippen molar-refractivity contribution in [3.8, 4) is 0 Å². The first kappa shape index (κ1) is 17.6. The average Bonchev–Trinajstić information content (AvgIpc) is 2.30. The Hall–Kier alpha value is -0.810. The predicted octanol–water partition coefficient (Wildman–Crippen LogP) is 2.68. The van der Waals surface area contributed by atoms with Gasteiger partial charge in [0.25, 0.3) is 0 Å². The minimum atomic E-state index is 0.740. The Labute approximate surface area is 99.6 Å². The summed E-state index contributed by atoms with van der Waals surface area (Å²) in [6.07, 6.45) is 3.97. The molecule has 0 aromatic carbocycles. The monoisotopic (exact) mass is 229 g/mol. The van der Waals surface area contributed by atoms with Crippen LogP contribution in [0, 0.1) is 11.4 Å². The summed E-state index contributed by atoms with van der Waals surface area (Å²) in [4.78, 5) is 2.31. The number of rotatable bonds is 2. The maximum absolute atomic E-state index is 5.85. The third kappa shape index (κ3) is 13.2. The van der Waals surface area contributed by atoms with E-state index in [9.17, 15) is 0 Å². The van der Waals surface area contributed by atoms with Crippen LogP contribution < -0.4 is 5.73 Å². The molecule has 16 heavy (non-hydrogen) atoms. The van der Waals surface area contributed by atoms with E-state index in [1.807, 2.05) is 0 Å². The number of piperidine rings is 1. The van der Waals surface area contributed by atoms with E-state index in [1.165, 1.54) is 32.4 Å². The summed E-state index contributed by atoms with van der Waals surface area (Å²) < 4.78 is 0. The summed E-state index contributed by atoms with van der Waals surface area (Å²) in [5.74, 6) is 0.863. The molecule has 5 heteroatoms. The van der Waals surface area contributed by atoms with Gasteiger partial charge in [-0.1, -0.05) is 32.4 Å². The molecule has 1 rings (SSSR count). The number of nitrogens with two attached hydrogens (primary N) is 1. The molecule has 0 saturated carbocycles. The first-order chi connectivity index (χ1) is 7.65. The van der Waals surface area contributed by atoms with Crippen molar-refractivity contribution in [2.45, 2.75) is 40.0 Å². The summed E-state index contributed by atoms with van der Waals surface area (Å²) >= 11 is 0. The Morgan fingerprint density at radius 1 is 1.50 bits per heavy atom. The van der Waals surface area contributed by atoms with Crippen molar-refractivity contribution in [2.24, 2.45) is 22.0 Å². The van der Waals surface area contributed by atoms with E-state index in [4.69, 9.17) is 11.3 Å². The summed E-state index contributed by atoms with van der Waals surface area (Å²) in [6.45, 7) is 12.6. The number of nitrogens with zero attached hydrogens (tertiary/aromatic N) is 3. The minimum absolute atomic E-state index is 0.740.